The number of hydrogen-bond donors (Lipinski definition) is 0. The Morgan fingerprint density at radius 2 is 1.83 bits per heavy atom. The molecule has 1 aromatic rings. The van der Waals surface area contributed by atoms with E-state index in [0.29, 0.717) is 12.1 Å². The van der Waals surface area contributed by atoms with Gasteiger partial charge in [-0.2, -0.15) is 0 Å². The van der Waals surface area contributed by atoms with Gasteiger partial charge in [0, 0.05) is 25.2 Å². The highest BCUT2D eigenvalue weighted by Crippen LogP contribution is 2.31. The summed E-state index contributed by atoms with van der Waals surface area (Å²) in [5.41, 5.74) is 1.03. The van der Waals surface area contributed by atoms with Crippen LogP contribution in [0.3, 0.4) is 0 Å². The molecule has 0 spiro atoms. The van der Waals surface area contributed by atoms with Crippen molar-refractivity contribution < 1.29 is 8.42 Å². The second-order valence-electron chi connectivity index (χ2n) is 7.76. The largest absolute Gasteiger partial charge is 0.369 e. The molecule has 128 valence electrons. The molecule has 0 aromatic carbocycles. The van der Waals surface area contributed by atoms with Crippen LogP contribution in [-0.4, -0.2) is 55.3 Å². The zero-order chi connectivity index (χ0) is 16.8. The molecule has 0 N–H and O–H groups in total. The Hall–Kier alpha value is -1.14. The van der Waals surface area contributed by atoms with E-state index >= 15 is 0 Å². The van der Waals surface area contributed by atoms with Crippen LogP contribution in [0.2, 0.25) is 0 Å². The van der Waals surface area contributed by atoms with Gasteiger partial charge < -0.3 is 4.90 Å². The molecule has 0 aliphatic carbocycles. The predicted molar refractivity (Wildman–Crippen MR) is 92.6 cm³/mol. The molecule has 3 heterocycles. The molecule has 2 saturated heterocycles. The molecule has 23 heavy (non-hydrogen) atoms. The van der Waals surface area contributed by atoms with Crippen LogP contribution in [0.25, 0.3) is 0 Å². The normalized spacial score (nSPS) is 26.3. The minimum absolute atomic E-state index is 0.169. The highest BCUT2D eigenvalue weighted by Gasteiger charge is 2.35. The first-order chi connectivity index (χ1) is 10.7. The van der Waals surface area contributed by atoms with Gasteiger partial charge in [0.1, 0.15) is 0 Å². The number of aromatic nitrogens is 1. The molecule has 0 amide bonds. The highest BCUT2D eigenvalue weighted by molar-refractivity contribution is 7.92. The molecule has 2 fully saturated rings. The summed E-state index contributed by atoms with van der Waals surface area (Å²) in [6.07, 6.45) is 5.43. The minimum Gasteiger partial charge on any atom is -0.369 e. The van der Waals surface area contributed by atoms with Gasteiger partial charge in [0.25, 0.3) is 0 Å². The lowest BCUT2D eigenvalue weighted by Crippen LogP contribution is -2.36. The van der Waals surface area contributed by atoms with Crippen LogP contribution in [-0.2, 0) is 9.84 Å². The van der Waals surface area contributed by atoms with Gasteiger partial charge in [0.2, 0.25) is 0 Å². The molecule has 2 aliphatic heterocycles. The van der Waals surface area contributed by atoms with E-state index in [1.807, 2.05) is 6.07 Å². The van der Waals surface area contributed by atoms with Gasteiger partial charge in [-0.15, -0.1) is 0 Å². The van der Waals surface area contributed by atoms with Gasteiger partial charge in [-0.05, 0) is 59.2 Å². The van der Waals surface area contributed by atoms with E-state index in [0.717, 1.165) is 25.2 Å². The van der Waals surface area contributed by atoms with Crippen molar-refractivity contribution in [3.63, 3.8) is 0 Å². The van der Waals surface area contributed by atoms with E-state index in [1.54, 1.807) is 33.0 Å². The van der Waals surface area contributed by atoms with Crippen molar-refractivity contribution in [2.75, 3.05) is 25.0 Å². The maximum atomic E-state index is 12.5. The Balaban J connectivity index is 1.81. The lowest BCUT2D eigenvalue weighted by atomic mass is 10.1. The first kappa shape index (κ1) is 16.7. The van der Waals surface area contributed by atoms with E-state index in [-0.39, 0.29) is 5.03 Å². The molecule has 2 unspecified atom stereocenters. The Bertz CT molecular complexity index is 664. The van der Waals surface area contributed by atoms with Gasteiger partial charge >= 0.3 is 0 Å². The summed E-state index contributed by atoms with van der Waals surface area (Å²) < 4.78 is 24.1. The van der Waals surface area contributed by atoms with Gasteiger partial charge in [0.05, 0.1) is 16.6 Å². The molecule has 0 radical (unpaired) electrons. The van der Waals surface area contributed by atoms with Crippen LogP contribution in [0.15, 0.2) is 23.4 Å². The summed E-state index contributed by atoms with van der Waals surface area (Å²) in [4.78, 5) is 9.11. The molecule has 1 aromatic heterocycles. The van der Waals surface area contributed by atoms with Crippen molar-refractivity contribution in [3.05, 3.63) is 18.3 Å². The maximum absolute atomic E-state index is 12.5. The third-order valence-electron chi connectivity index (χ3n) is 5.32. The lowest BCUT2D eigenvalue weighted by Gasteiger charge is -2.27. The van der Waals surface area contributed by atoms with Crippen LogP contribution < -0.4 is 4.90 Å². The fourth-order valence-corrected chi connectivity index (χ4v) is 4.64. The van der Waals surface area contributed by atoms with Crippen LogP contribution >= 0.6 is 0 Å². The quantitative estimate of drug-likeness (QED) is 0.829. The zero-order valence-electron chi connectivity index (χ0n) is 14.5. The third kappa shape index (κ3) is 2.98. The Kier molecular flexibility index (Phi) is 4.17. The number of fused-ring (bicyclic) bond motifs is 2. The molecular weight excluding hydrogens is 310 g/mol. The summed E-state index contributed by atoms with van der Waals surface area (Å²) in [5, 5.41) is 0.169. The van der Waals surface area contributed by atoms with E-state index in [2.05, 4.69) is 21.8 Å². The summed E-state index contributed by atoms with van der Waals surface area (Å²) in [7, 11) is -1.16. The monoisotopic (exact) mass is 337 g/mol. The van der Waals surface area contributed by atoms with Crippen molar-refractivity contribution in [1.82, 2.24) is 9.88 Å². The summed E-state index contributed by atoms with van der Waals surface area (Å²) in [6.45, 7) is 7.14. The zero-order valence-corrected chi connectivity index (χ0v) is 15.3. The number of rotatable bonds is 2. The van der Waals surface area contributed by atoms with Gasteiger partial charge in [-0.1, -0.05) is 0 Å². The van der Waals surface area contributed by atoms with Gasteiger partial charge in [-0.3, -0.25) is 4.90 Å². The molecule has 3 rings (SSSR count). The number of sulfone groups is 1. The van der Waals surface area contributed by atoms with Gasteiger partial charge in [0.15, 0.2) is 14.9 Å². The Morgan fingerprint density at radius 3 is 2.43 bits per heavy atom. The SMILES string of the molecule is CN1C2CCC1CN(c1ccc(S(=O)(=O)C(C)(C)C)nc1)CC2. The number of anilines is 1. The lowest BCUT2D eigenvalue weighted by molar-refractivity contribution is 0.254. The second kappa shape index (κ2) is 5.74. The fourth-order valence-electron chi connectivity index (χ4n) is 3.58. The van der Waals surface area contributed by atoms with Crippen molar-refractivity contribution in [2.24, 2.45) is 0 Å². The molecule has 5 nitrogen and oxygen atoms in total. The van der Waals surface area contributed by atoms with Crippen LogP contribution in [0.1, 0.15) is 40.0 Å². The number of likely N-dealkylation sites (N-methyl/N-ethyl adjacent to an activating group) is 1. The Labute approximate surface area is 139 Å². The summed E-state index contributed by atoms with van der Waals surface area (Å²) in [6, 6.07) is 4.85. The van der Waals surface area contributed by atoms with E-state index in [1.165, 1.54) is 12.8 Å². The molecule has 2 aliphatic rings. The first-order valence-corrected chi connectivity index (χ1v) is 9.86. The summed E-state index contributed by atoms with van der Waals surface area (Å²) in [5.74, 6) is 0. The van der Waals surface area contributed by atoms with Crippen molar-refractivity contribution in [2.45, 2.75) is 61.9 Å². The Morgan fingerprint density at radius 1 is 1.13 bits per heavy atom. The van der Waals surface area contributed by atoms with E-state index in [4.69, 9.17) is 0 Å². The molecular formula is C17H27N3O2S. The number of nitrogens with zero attached hydrogens (tertiary/aromatic N) is 3. The van der Waals surface area contributed by atoms with Crippen LogP contribution in [0, 0.1) is 0 Å². The average molecular weight is 337 g/mol. The smallest absolute Gasteiger partial charge is 0.200 e. The van der Waals surface area contributed by atoms with Crippen molar-refractivity contribution in [3.8, 4) is 0 Å². The molecule has 2 bridgehead atoms. The number of pyridine rings is 1. The minimum atomic E-state index is -3.39. The van der Waals surface area contributed by atoms with E-state index < -0.39 is 14.6 Å². The number of hydrogen-bond acceptors (Lipinski definition) is 5. The topological polar surface area (TPSA) is 53.5 Å². The fraction of sp³-hybridized carbons (Fsp3) is 0.706. The summed E-state index contributed by atoms with van der Waals surface area (Å²) >= 11 is 0. The van der Waals surface area contributed by atoms with Crippen LogP contribution in [0.5, 0.6) is 0 Å². The predicted octanol–water partition coefficient (Wildman–Crippen LogP) is 2.33. The van der Waals surface area contributed by atoms with Gasteiger partial charge in [-0.25, -0.2) is 13.4 Å². The maximum Gasteiger partial charge on any atom is 0.200 e. The molecule has 2 atom stereocenters. The molecule has 6 heteroatoms. The third-order valence-corrected chi connectivity index (χ3v) is 7.72. The van der Waals surface area contributed by atoms with E-state index in [9.17, 15) is 8.42 Å². The first-order valence-electron chi connectivity index (χ1n) is 8.38. The molecule has 0 saturated carbocycles. The van der Waals surface area contributed by atoms with Crippen molar-refractivity contribution in [1.29, 1.82) is 0 Å². The highest BCUT2D eigenvalue weighted by atomic mass is 32.2. The average Bonchev–Trinajstić information content (AvgIpc) is 2.71. The standard InChI is InChI=1S/C17H27N3O2S/c1-17(2,3)23(21,22)16-8-7-14(11-18-16)20-10-9-13-5-6-15(12-20)19(13)4/h7-8,11,13,15H,5-6,9-10,12H2,1-4H3. The second-order valence-corrected chi connectivity index (χ2v) is 10.4. The van der Waals surface area contributed by atoms with Crippen molar-refractivity contribution >= 4 is 15.5 Å². The van der Waals surface area contributed by atoms with Crippen LogP contribution in [0.4, 0.5) is 5.69 Å².